The molecule has 0 radical (unpaired) electrons. The van der Waals surface area contributed by atoms with E-state index in [-0.39, 0.29) is 24.2 Å². The molecule has 1 saturated heterocycles. The van der Waals surface area contributed by atoms with Gasteiger partial charge in [-0.05, 0) is 62.2 Å². The summed E-state index contributed by atoms with van der Waals surface area (Å²) in [5, 5.41) is 2.90. The summed E-state index contributed by atoms with van der Waals surface area (Å²) in [6, 6.07) is 11.4. The Labute approximate surface area is 170 Å². The van der Waals surface area contributed by atoms with Crippen LogP contribution < -0.4 is 10.2 Å². The number of hydrogen-bond acceptors (Lipinski definition) is 3. The second-order valence-corrected chi connectivity index (χ2v) is 7.49. The van der Waals surface area contributed by atoms with Crippen LogP contribution in [0.15, 0.2) is 48.5 Å². The number of amides is 1. The summed E-state index contributed by atoms with van der Waals surface area (Å²) in [7, 11) is 0. The predicted octanol–water partition coefficient (Wildman–Crippen LogP) is 4.47. The van der Waals surface area contributed by atoms with Crippen LogP contribution in [0.5, 0.6) is 0 Å². The molecule has 29 heavy (non-hydrogen) atoms. The average molecular weight is 400 g/mol. The minimum absolute atomic E-state index is 0.168. The summed E-state index contributed by atoms with van der Waals surface area (Å²) < 4.78 is 32.0. The van der Waals surface area contributed by atoms with Crippen LogP contribution in [-0.2, 0) is 9.53 Å². The average Bonchev–Trinajstić information content (AvgIpc) is 2.68. The van der Waals surface area contributed by atoms with Crippen LogP contribution in [0.1, 0.15) is 37.9 Å². The molecule has 3 atom stereocenters. The largest absolute Gasteiger partial charge is 0.372 e. The van der Waals surface area contributed by atoms with Crippen LogP contribution in [0.4, 0.5) is 14.5 Å². The highest BCUT2D eigenvalue weighted by Crippen LogP contribution is 2.24. The summed E-state index contributed by atoms with van der Waals surface area (Å²) in [6.07, 6.45) is 3.11. The Bertz CT molecular complexity index is 890. The van der Waals surface area contributed by atoms with Gasteiger partial charge in [0.05, 0.1) is 18.2 Å². The van der Waals surface area contributed by atoms with Crippen molar-refractivity contribution in [3.05, 3.63) is 71.3 Å². The number of halogens is 2. The van der Waals surface area contributed by atoms with E-state index in [0.717, 1.165) is 36.5 Å². The molecular weight excluding hydrogens is 374 g/mol. The lowest BCUT2D eigenvalue weighted by molar-refractivity contribution is -0.117. The van der Waals surface area contributed by atoms with Gasteiger partial charge in [-0.25, -0.2) is 8.78 Å². The van der Waals surface area contributed by atoms with E-state index < -0.39 is 11.6 Å². The van der Waals surface area contributed by atoms with Crippen molar-refractivity contribution in [1.29, 1.82) is 0 Å². The normalized spacial score (nSPS) is 20.7. The Morgan fingerprint density at radius 1 is 1.14 bits per heavy atom. The number of ether oxygens (including phenoxy) is 1. The van der Waals surface area contributed by atoms with Crippen molar-refractivity contribution >= 4 is 17.7 Å². The molecule has 154 valence electrons. The molecule has 1 N–H and O–H groups in total. The molecule has 0 aliphatic carbocycles. The SMILES string of the molecule is CC1CN(c2cccc(C(C)NC(=O)C=Cc3ccc(F)c(F)c3)c2)CC(C)O1. The third kappa shape index (κ3) is 5.64. The predicted molar refractivity (Wildman–Crippen MR) is 111 cm³/mol. The highest BCUT2D eigenvalue weighted by Gasteiger charge is 2.22. The Morgan fingerprint density at radius 2 is 1.86 bits per heavy atom. The lowest BCUT2D eigenvalue weighted by Gasteiger charge is -2.37. The number of anilines is 1. The number of nitrogens with one attached hydrogen (secondary N) is 1. The van der Waals surface area contributed by atoms with Gasteiger partial charge in [-0.1, -0.05) is 18.2 Å². The maximum Gasteiger partial charge on any atom is 0.244 e. The first-order chi connectivity index (χ1) is 13.8. The molecule has 1 aliphatic rings. The summed E-state index contributed by atoms with van der Waals surface area (Å²) >= 11 is 0. The molecule has 1 heterocycles. The molecule has 3 rings (SSSR count). The standard InChI is InChI=1S/C23H26F2N2O2/c1-15-13-27(14-16(2)29-15)20-6-4-5-19(12-20)17(3)26-23(28)10-8-18-7-9-21(24)22(25)11-18/h4-12,15-17H,13-14H2,1-3H3,(H,26,28). The Kier molecular flexibility index (Phi) is 6.64. The number of hydrogen-bond donors (Lipinski definition) is 1. The molecule has 2 aromatic rings. The monoisotopic (exact) mass is 400 g/mol. The minimum atomic E-state index is -0.940. The lowest BCUT2D eigenvalue weighted by Crippen LogP contribution is -2.45. The van der Waals surface area contributed by atoms with E-state index in [1.165, 1.54) is 18.2 Å². The zero-order chi connectivity index (χ0) is 21.0. The summed E-state index contributed by atoms with van der Waals surface area (Å²) in [4.78, 5) is 14.5. The van der Waals surface area contributed by atoms with Gasteiger partial charge in [0, 0.05) is 24.9 Å². The highest BCUT2D eigenvalue weighted by molar-refractivity contribution is 5.92. The molecule has 1 fully saturated rings. The van der Waals surface area contributed by atoms with E-state index in [1.54, 1.807) is 0 Å². The van der Waals surface area contributed by atoms with Gasteiger partial charge >= 0.3 is 0 Å². The maximum atomic E-state index is 13.3. The fraction of sp³-hybridized carbons (Fsp3) is 0.348. The fourth-order valence-electron chi connectivity index (χ4n) is 3.51. The van der Waals surface area contributed by atoms with Gasteiger partial charge in [-0.3, -0.25) is 4.79 Å². The van der Waals surface area contributed by atoms with Crippen molar-refractivity contribution in [2.75, 3.05) is 18.0 Å². The first kappa shape index (κ1) is 21.0. The van der Waals surface area contributed by atoms with Crippen molar-refractivity contribution in [3.63, 3.8) is 0 Å². The topological polar surface area (TPSA) is 41.6 Å². The van der Waals surface area contributed by atoms with Gasteiger partial charge < -0.3 is 15.0 Å². The van der Waals surface area contributed by atoms with E-state index in [1.807, 2.05) is 19.1 Å². The summed E-state index contributed by atoms with van der Waals surface area (Å²) in [5.41, 5.74) is 2.51. The van der Waals surface area contributed by atoms with E-state index in [4.69, 9.17) is 4.74 Å². The molecule has 0 aromatic heterocycles. The van der Waals surface area contributed by atoms with Crippen LogP contribution in [-0.4, -0.2) is 31.2 Å². The van der Waals surface area contributed by atoms with Crippen molar-refractivity contribution < 1.29 is 18.3 Å². The number of carbonyl (C=O) groups is 1. The molecule has 4 nitrogen and oxygen atoms in total. The smallest absolute Gasteiger partial charge is 0.244 e. The van der Waals surface area contributed by atoms with Gasteiger partial charge in [-0.2, -0.15) is 0 Å². The first-order valence-corrected chi connectivity index (χ1v) is 9.76. The molecule has 0 spiro atoms. The number of morpholine rings is 1. The zero-order valence-corrected chi connectivity index (χ0v) is 16.9. The van der Waals surface area contributed by atoms with E-state index in [0.29, 0.717) is 5.56 Å². The third-order valence-electron chi connectivity index (χ3n) is 4.88. The van der Waals surface area contributed by atoms with Crippen molar-refractivity contribution in [3.8, 4) is 0 Å². The summed E-state index contributed by atoms with van der Waals surface area (Å²) in [5.74, 6) is -2.16. The number of carbonyl (C=O) groups excluding carboxylic acids is 1. The van der Waals surface area contributed by atoms with Gasteiger partial charge in [0.2, 0.25) is 5.91 Å². The van der Waals surface area contributed by atoms with E-state index >= 15 is 0 Å². The first-order valence-electron chi connectivity index (χ1n) is 9.76. The van der Waals surface area contributed by atoms with Crippen LogP contribution in [0.2, 0.25) is 0 Å². The molecule has 3 unspecified atom stereocenters. The number of nitrogens with zero attached hydrogens (tertiary/aromatic N) is 1. The molecule has 0 bridgehead atoms. The fourth-order valence-corrected chi connectivity index (χ4v) is 3.51. The van der Waals surface area contributed by atoms with E-state index in [2.05, 4.69) is 36.2 Å². The van der Waals surface area contributed by atoms with Crippen molar-refractivity contribution in [2.24, 2.45) is 0 Å². The highest BCUT2D eigenvalue weighted by atomic mass is 19.2. The van der Waals surface area contributed by atoms with Crippen LogP contribution in [0.25, 0.3) is 6.08 Å². The minimum Gasteiger partial charge on any atom is -0.372 e. The summed E-state index contributed by atoms with van der Waals surface area (Å²) in [6.45, 7) is 7.69. The molecule has 2 aromatic carbocycles. The molecule has 6 heteroatoms. The second-order valence-electron chi connectivity index (χ2n) is 7.49. The van der Waals surface area contributed by atoms with Gasteiger partial charge in [0.15, 0.2) is 11.6 Å². The zero-order valence-electron chi connectivity index (χ0n) is 16.9. The van der Waals surface area contributed by atoms with Crippen molar-refractivity contribution in [2.45, 2.75) is 39.0 Å². The van der Waals surface area contributed by atoms with Gasteiger partial charge in [0.1, 0.15) is 0 Å². The molecular formula is C23H26F2N2O2. The Hall–Kier alpha value is -2.73. The van der Waals surface area contributed by atoms with Crippen molar-refractivity contribution in [1.82, 2.24) is 5.32 Å². The molecule has 1 amide bonds. The molecule has 1 aliphatic heterocycles. The van der Waals surface area contributed by atoms with Crippen LogP contribution in [0, 0.1) is 11.6 Å². The second kappa shape index (κ2) is 9.18. The van der Waals surface area contributed by atoms with Crippen LogP contribution in [0.3, 0.4) is 0 Å². The van der Waals surface area contributed by atoms with E-state index in [9.17, 15) is 13.6 Å². The Balaban J connectivity index is 1.64. The quantitative estimate of drug-likeness (QED) is 0.753. The third-order valence-corrected chi connectivity index (χ3v) is 4.88. The number of rotatable bonds is 5. The van der Waals surface area contributed by atoms with Gasteiger partial charge in [0.25, 0.3) is 0 Å². The van der Waals surface area contributed by atoms with Crippen LogP contribution >= 0.6 is 0 Å². The maximum absolute atomic E-state index is 13.3. The number of benzene rings is 2. The molecule has 0 saturated carbocycles. The Morgan fingerprint density at radius 3 is 2.55 bits per heavy atom. The lowest BCUT2D eigenvalue weighted by atomic mass is 10.1. The van der Waals surface area contributed by atoms with Gasteiger partial charge in [-0.15, -0.1) is 0 Å².